The molecule has 0 radical (unpaired) electrons. The zero-order valence-corrected chi connectivity index (χ0v) is 34.6. The van der Waals surface area contributed by atoms with Crippen LogP contribution >= 0.6 is 23.2 Å². The van der Waals surface area contributed by atoms with Gasteiger partial charge in [0.25, 0.3) is 11.8 Å². The fraction of sp³-hybridized carbons (Fsp3) is 0.429. The van der Waals surface area contributed by atoms with E-state index < -0.39 is 48.0 Å². The molecule has 2 amide bonds. The van der Waals surface area contributed by atoms with Crippen LogP contribution in [0.1, 0.15) is 119 Å². The number of anilines is 2. The number of nitrogens with one attached hydrogen (secondary N) is 2. The first-order valence-electron chi connectivity index (χ1n) is 19.4. The molecule has 4 aromatic rings. The van der Waals surface area contributed by atoms with E-state index in [0.717, 1.165) is 23.9 Å². The van der Waals surface area contributed by atoms with Crippen LogP contribution in [0.5, 0.6) is 0 Å². The number of amides is 2. The van der Waals surface area contributed by atoms with Gasteiger partial charge in [0.05, 0.1) is 44.7 Å². The van der Waals surface area contributed by atoms with Gasteiger partial charge in [-0.05, 0) is 75.7 Å². The summed E-state index contributed by atoms with van der Waals surface area (Å²) in [4.78, 5) is 78.1. The Morgan fingerprint density at radius 2 is 1.19 bits per heavy atom. The van der Waals surface area contributed by atoms with Crippen molar-refractivity contribution in [3.63, 3.8) is 0 Å². The Labute approximate surface area is 347 Å². The maximum Gasteiger partial charge on any atom is 0.347 e. The van der Waals surface area contributed by atoms with Crippen molar-refractivity contribution < 1.29 is 43.0 Å². The molecule has 1 heterocycles. The number of fused-ring (bicyclic) bond motifs is 1. The first-order chi connectivity index (χ1) is 27.8. The highest BCUT2D eigenvalue weighted by molar-refractivity contribution is 6.35. The van der Waals surface area contributed by atoms with Crippen LogP contribution in [0.25, 0.3) is 11.0 Å². The second-order valence-corrected chi connectivity index (χ2v) is 14.7. The second-order valence-electron chi connectivity index (χ2n) is 13.8. The summed E-state index contributed by atoms with van der Waals surface area (Å²) in [5.41, 5.74) is 0.550. The molecule has 0 bridgehead atoms. The summed E-state index contributed by atoms with van der Waals surface area (Å²) in [6, 6.07) is 12.8. The highest BCUT2D eigenvalue weighted by Gasteiger charge is 2.33. The minimum Gasteiger partial charge on any atom is -0.463 e. The SMILES string of the molecule is CCCCCCCCCCCCOC(=O)C(C)OC(=O)c1ccc(Cl)c(NC(=O)C(C(=O)Nc2cc(C(=O)OC(C)C(C)=O)ccc2Cl)n2nnc3ccccc32)c1. The van der Waals surface area contributed by atoms with Gasteiger partial charge in [0.1, 0.15) is 5.52 Å². The van der Waals surface area contributed by atoms with E-state index in [1.165, 1.54) is 95.7 Å². The number of rotatable bonds is 22. The van der Waals surface area contributed by atoms with Crippen LogP contribution < -0.4 is 10.6 Å². The number of aromatic nitrogens is 3. The van der Waals surface area contributed by atoms with Crippen molar-refractivity contribution >= 4 is 81.1 Å². The molecule has 16 heteroatoms. The highest BCUT2D eigenvalue weighted by atomic mass is 35.5. The van der Waals surface area contributed by atoms with Crippen molar-refractivity contribution in [3.05, 3.63) is 81.8 Å². The van der Waals surface area contributed by atoms with Crippen molar-refractivity contribution in [3.8, 4) is 0 Å². The van der Waals surface area contributed by atoms with E-state index in [-0.39, 0.29) is 44.9 Å². The lowest BCUT2D eigenvalue weighted by atomic mass is 10.1. The van der Waals surface area contributed by atoms with Crippen LogP contribution in [-0.4, -0.2) is 69.3 Å². The molecule has 0 saturated heterocycles. The third-order valence-electron chi connectivity index (χ3n) is 9.25. The quantitative estimate of drug-likeness (QED) is 0.0334. The molecule has 58 heavy (non-hydrogen) atoms. The summed E-state index contributed by atoms with van der Waals surface area (Å²) in [6.07, 6.45) is 9.18. The highest BCUT2D eigenvalue weighted by Crippen LogP contribution is 2.29. The number of esters is 3. The molecular formula is C42H49Cl2N5O9. The van der Waals surface area contributed by atoms with Crippen molar-refractivity contribution in [1.29, 1.82) is 0 Å². The van der Waals surface area contributed by atoms with Gasteiger partial charge in [0.2, 0.25) is 6.04 Å². The molecular weight excluding hydrogens is 789 g/mol. The summed E-state index contributed by atoms with van der Waals surface area (Å²) in [7, 11) is 0. The van der Waals surface area contributed by atoms with Crippen LogP contribution in [-0.2, 0) is 33.4 Å². The number of hydrogen-bond acceptors (Lipinski definition) is 11. The molecule has 2 N–H and O–H groups in total. The fourth-order valence-electron chi connectivity index (χ4n) is 5.79. The van der Waals surface area contributed by atoms with E-state index >= 15 is 0 Å². The van der Waals surface area contributed by atoms with Crippen LogP contribution in [0.15, 0.2) is 60.7 Å². The Kier molecular flexibility index (Phi) is 17.6. The lowest BCUT2D eigenvalue weighted by Crippen LogP contribution is -2.37. The average molecular weight is 839 g/mol. The Morgan fingerprint density at radius 3 is 1.72 bits per heavy atom. The Bertz CT molecular complexity index is 2090. The molecule has 0 saturated carbocycles. The maximum atomic E-state index is 14.0. The molecule has 0 aliphatic carbocycles. The minimum absolute atomic E-state index is 0.0190. The van der Waals surface area contributed by atoms with Crippen molar-refractivity contribution in [2.45, 2.75) is 110 Å². The van der Waals surface area contributed by atoms with Gasteiger partial charge in [-0.25, -0.2) is 19.1 Å². The van der Waals surface area contributed by atoms with Gasteiger partial charge >= 0.3 is 17.9 Å². The van der Waals surface area contributed by atoms with Gasteiger partial charge in [-0.1, -0.05) is 105 Å². The zero-order chi connectivity index (χ0) is 42.2. The lowest BCUT2D eigenvalue weighted by Gasteiger charge is -2.19. The van der Waals surface area contributed by atoms with E-state index in [1.807, 2.05) is 0 Å². The molecule has 0 aliphatic rings. The van der Waals surface area contributed by atoms with Gasteiger partial charge in [-0.15, -0.1) is 5.10 Å². The number of para-hydroxylation sites is 1. The summed E-state index contributed by atoms with van der Waals surface area (Å²) in [6.45, 7) is 6.52. The summed E-state index contributed by atoms with van der Waals surface area (Å²) >= 11 is 12.8. The van der Waals surface area contributed by atoms with Crippen LogP contribution in [0.2, 0.25) is 10.0 Å². The number of halogens is 2. The molecule has 310 valence electrons. The maximum absolute atomic E-state index is 14.0. The number of ether oxygens (including phenoxy) is 3. The van der Waals surface area contributed by atoms with E-state index in [2.05, 4.69) is 27.9 Å². The summed E-state index contributed by atoms with van der Waals surface area (Å²) in [5.74, 6) is -4.64. The molecule has 0 aliphatic heterocycles. The number of benzene rings is 3. The van der Waals surface area contributed by atoms with Crippen molar-refractivity contribution in [2.24, 2.45) is 0 Å². The van der Waals surface area contributed by atoms with E-state index in [0.29, 0.717) is 17.5 Å². The Hall–Kier alpha value is -5.34. The molecule has 14 nitrogen and oxygen atoms in total. The van der Waals surface area contributed by atoms with Crippen LogP contribution in [0, 0.1) is 0 Å². The topological polar surface area (TPSA) is 185 Å². The van der Waals surface area contributed by atoms with Crippen molar-refractivity contribution in [1.82, 2.24) is 15.0 Å². The molecule has 3 atom stereocenters. The molecule has 3 unspecified atom stereocenters. The smallest absolute Gasteiger partial charge is 0.347 e. The molecule has 3 aromatic carbocycles. The first-order valence-corrected chi connectivity index (χ1v) is 20.2. The van der Waals surface area contributed by atoms with E-state index in [1.54, 1.807) is 24.3 Å². The van der Waals surface area contributed by atoms with E-state index in [4.69, 9.17) is 37.4 Å². The summed E-state index contributed by atoms with van der Waals surface area (Å²) in [5, 5.41) is 13.3. The number of unbranched alkanes of at least 4 members (excludes halogenated alkanes) is 9. The van der Waals surface area contributed by atoms with Gasteiger partial charge in [0, 0.05) is 0 Å². The van der Waals surface area contributed by atoms with Crippen LogP contribution in [0.4, 0.5) is 11.4 Å². The number of hydrogen-bond donors (Lipinski definition) is 2. The predicted octanol–water partition coefficient (Wildman–Crippen LogP) is 8.70. The van der Waals surface area contributed by atoms with Gasteiger partial charge in [-0.3, -0.25) is 14.4 Å². The molecule has 1 aromatic heterocycles. The molecule has 0 fully saturated rings. The summed E-state index contributed by atoms with van der Waals surface area (Å²) < 4.78 is 17.0. The van der Waals surface area contributed by atoms with Gasteiger partial charge in [-0.2, -0.15) is 0 Å². The van der Waals surface area contributed by atoms with Crippen LogP contribution in [0.3, 0.4) is 0 Å². The minimum atomic E-state index is -1.74. The molecule has 4 rings (SSSR count). The third kappa shape index (κ3) is 13.1. The number of carbonyl (C=O) groups is 6. The van der Waals surface area contributed by atoms with E-state index in [9.17, 15) is 28.8 Å². The normalized spacial score (nSPS) is 12.6. The molecule has 0 spiro atoms. The van der Waals surface area contributed by atoms with Gasteiger partial charge < -0.3 is 24.8 Å². The Morgan fingerprint density at radius 1 is 0.690 bits per heavy atom. The number of carbonyl (C=O) groups excluding carboxylic acids is 6. The number of nitrogens with zero attached hydrogens (tertiary/aromatic N) is 3. The fourth-order valence-corrected chi connectivity index (χ4v) is 6.11. The predicted molar refractivity (Wildman–Crippen MR) is 220 cm³/mol. The standard InChI is InChI=1S/C42H49Cl2N5O9/c1-5-6-7-8-9-10-11-12-13-16-23-56-40(53)28(4)58-42(55)30-20-22-32(44)35(25-30)46-39(52)37(49-36-18-15-14-17-33(36)47-48-49)38(51)45-34-24-29(19-21-31(34)43)41(54)57-27(3)26(2)50/h14-15,17-22,24-25,27-28,37H,5-13,16,23H2,1-4H3,(H,45,51)(H,46,52). The largest absolute Gasteiger partial charge is 0.463 e. The number of Topliss-reactive ketones (excluding diaryl/α,β-unsaturated/α-hetero) is 1. The monoisotopic (exact) mass is 837 g/mol. The zero-order valence-electron chi connectivity index (χ0n) is 33.1. The number of ketones is 1. The second kappa shape index (κ2) is 22.6. The van der Waals surface area contributed by atoms with Crippen molar-refractivity contribution in [2.75, 3.05) is 17.2 Å². The first kappa shape index (κ1) is 45.4. The lowest BCUT2D eigenvalue weighted by molar-refractivity contribution is -0.153. The van der Waals surface area contributed by atoms with Gasteiger partial charge in [0.15, 0.2) is 18.0 Å². The third-order valence-corrected chi connectivity index (χ3v) is 9.91. The average Bonchev–Trinajstić information content (AvgIpc) is 3.61. The Balaban J connectivity index is 1.43.